The Bertz CT molecular complexity index is 833. The van der Waals surface area contributed by atoms with E-state index >= 15 is 0 Å². The molecule has 3 saturated carbocycles. The van der Waals surface area contributed by atoms with Gasteiger partial charge >= 0.3 is 5.97 Å². The van der Waals surface area contributed by atoms with E-state index in [9.17, 15) is 24.6 Å². The van der Waals surface area contributed by atoms with Crippen molar-refractivity contribution in [3.8, 4) is 0 Å². The van der Waals surface area contributed by atoms with Crippen molar-refractivity contribution >= 4 is 17.5 Å². The molecule has 164 valence electrons. The minimum Gasteiger partial charge on any atom is -0.454 e. The van der Waals surface area contributed by atoms with Gasteiger partial charge in [-0.2, -0.15) is 0 Å². The highest BCUT2D eigenvalue weighted by Crippen LogP contribution is 2.66. The van der Waals surface area contributed by atoms with Crippen molar-refractivity contribution in [2.45, 2.75) is 65.1 Å². The van der Waals surface area contributed by atoms with E-state index in [1.54, 1.807) is 6.08 Å². The van der Waals surface area contributed by atoms with Gasteiger partial charge in [0.15, 0.2) is 11.6 Å². The fraction of sp³-hybridized carbons (Fsp3) is 0.708. The molecule has 2 N–H and O–H groups in total. The summed E-state index contributed by atoms with van der Waals surface area (Å²) in [4.78, 5) is 36.4. The summed E-state index contributed by atoms with van der Waals surface area (Å²) < 4.78 is 4.87. The van der Waals surface area contributed by atoms with E-state index in [0.717, 1.165) is 45.4 Å². The number of fused-ring (bicyclic) bond motifs is 5. The number of esters is 1. The van der Waals surface area contributed by atoms with E-state index < -0.39 is 18.4 Å². The molecule has 6 atom stereocenters. The molecule has 4 rings (SSSR count). The molecule has 30 heavy (non-hydrogen) atoms. The third-order valence-corrected chi connectivity index (χ3v) is 8.68. The standard InChI is InChI=1S/C24H32O6/c1-22-10-8-15(25)12-14(22)4-5-16-17-6-7-19(23(17,2)11-9-18(16)22)20(26)13-30-21(27)24(3,28)29/h8,10,12,16-19,28-29H,4-7,9,11,13H2,1-3H3/t16-,17-,18-,19+,22-,23-/m0/s1. The van der Waals surface area contributed by atoms with E-state index in [4.69, 9.17) is 4.74 Å². The summed E-state index contributed by atoms with van der Waals surface area (Å²) in [6.07, 6.45) is 11.4. The lowest BCUT2D eigenvalue weighted by atomic mass is 9.47. The number of allylic oxidation sites excluding steroid dienone is 4. The zero-order chi connectivity index (χ0) is 21.9. The van der Waals surface area contributed by atoms with E-state index in [1.807, 2.05) is 6.08 Å². The Labute approximate surface area is 177 Å². The molecule has 0 heterocycles. The van der Waals surface area contributed by atoms with E-state index in [-0.39, 0.29) is 28.3 Å². The number of rotatable bonds is 4. The number of hydrogen-bond donors (Lipinski definition) is 2. The molecular weight excluding hydrogens is 384 g/mol. The first-order chi connectivity index (χ1) is 14.0. The van der Waals surface area contributed by atoms with Gasteiger partial charge in [-0.15, -0.1) is 0 Å². The van der Waals surface area contributed by atoms with Crippen LogP contribution in [0.2, 0.25) is 0 Å². The van der Waals surface area contributed by atoms with Crippen LogP contribution >= 0.6 is 0 Å². The van der Waals surface area contributed by atoms with Gasteiger partial charge in [0, 0.05) is 18.3 Å². The van der Waals surface area contributed by atoms with Gasteiger partial charge in [-0.1, -0.05) is 25.5 Å². The number of aliphatic hydroxyl groups is 2. The minimum atomic E-state index is -2.59. The molecule has 0 saturated heterocycles. The van der Waals surface area contributed by atoms with Gasteiger partial charge in [0.25, 0.3) is 5.79 Å². The van der Waals surface area contributed by atoms with Crippen LogP contribution in [-0.2, 0) is 19.1 Å². The fourth-order valence-electron chi connectivity index (χ4n) is 7.10. The average Bonchev–Trinajstić information content (AvgIpc) is 3.03. The normalized spacial score (nSPS) is 40.2. The molecule has 4 aliphatic carbocycles. The first-order valence-corrected chi connectivity index (χ1v) is 11.1. The van der Waals surface area contributed by atoms with Crippen molar-refractivity contribution in [2.24, 2.45) is 34.5 Å². The van der Waals surface area contributed by atoms with Crippen LogP contribution in [0.1, 0.15) is 59.3 Å². The number of hydrogen-bond acceptors (Lipinski definition) is 6. The summed E-state index contributed by atoms with van der Waals surface area (Å²) in [5, 5.41) is 18.6. The van der Waals surface area contributed by atoms with Gasteiger partial charge in [-0.25, -0.2) is 4.79 Å². The lowest BCUT2D eigenvalue weighted by Gasteiger charge is -2.56. The molecule has 0 radical (unpaired) electrons. The number of carbonyl (C=O) groups is 3. The molecule has 3 fully saturated rings. The Balaban J connectivity index is 1.50. The van der Waals surface area contributed by atoms with Gasteiger partial charge in [-0.3, -0.25) is 9.59 Å². The van der Waals surface area contributed by atoms with E-state index in [2.05, 4.69) is 19.9 Å². The van der Waals surface area contributed by atoms with Crippen LogP contribution in [0.15, 0.2) is 23.8 Å². The molecule has 0 bridgehead atoms. The Kier molecular flexibility index (Phi) is 5.09. The quantitative estimate of drug-likeness (QED) is 0.540. The molecule has 6 heteroatoms. The maximum Gasteiger partial charge on any atom is 0.366 e. The highest BCUT2D eigenvalue weighted by molar-refractivity contribution is 6.01. The van der Waals surface area contributed by atoms with Gasteiger partial charge in [0.05, 0.1) is 0 Å². The van der Waals surface area contributed by atoms with E-state index in [1.165, 1.54) is 5.57 Å². The third kappa shape index (κ3) is 3.28. The van der Waals surface area contributed by atoms with Crippen molar-refractivity contribution in [1.82, 2.24) is 0 Å². The van der Waals surface area contributed by atoms with Crippen molar-refractivity contribution in [3.05, 3.63) is 23.8 Å². The maximum absolute atomic E-state index is 12.9. The third-order valence-electron chi connectivity index (χ3n) is 8.68. The molecule has 0 aromatic carbocycles. The summed E-state index contributed by atoms with van der Waals surface area (Å²) in [6.45, 7) is 4.99. The van der Waals surface area contributed by atoms with Crippen LogP contribution in [-0.4, -0.2) is 40.1 Å². The Hall–Kier alpha value is -1.79. The SMILES string of the molecule is CC(O)(O)C(=O)OCC(=O)[C@H]1CC[C@H]2[C@@H]3CCC4=CC(=O)C=C[C@]4(C)[C@H]3CC[C@]12C. The smallest absolute Gasteiger partial charge is 0.366 e. The van der Waals surface area contributed by atoms with Crippen LogP contribution in [0, 0.1) is 34.5 Å². The van der Waals surface area contributed by atoms with Crippen molar-refractivity contribution < 1.29 is 29.3 Å². The Morgan fingerprint density at radius 3 is 2.60 bits per heavy atom. The van der Waals surface area contributed by atoms with Crippen LogP contribution in [0.25, 0.3) is 0 Å². The van der Waals surface area contributed by atoms with Crippen molar-refractivity contribution in [3.63, 3.8) is 0 Å². The minimum absolute atomic E-state index is 0.0670. The highest BCUT2D eigenvalue weighted by Gasteiger charge is 2.59. The molecular formula is C24H32O6. The second-order valence-corrected chi connectivity index (χ2v) is 10.3. The number of ether oxygens (including phenoxy) is 1. The number of ketones is 2. The monoisotopic (exact) mass is 416 g/mol. The Morgan fingerprint density at radius 2 is 1.90 bits per heavy atom. The largest absolute Gasteiger partial charge is 0.454 e. The predicted molar refractivity (Wildman–Crippen MR) is 109 cm³/mol. The molecule has 4 aliphatic rings. The predicted octanol–water partition coefficient (Wildman–Crippen LogP) is 2.72. The second-order valence-electron chi connectivity index (χ2n) is 10.3. The van der Waals surface area contributed by atoms with Crippen molar-refractivity contribution in [2.75, 3.05) is 6.61 Å². The summed E-state index contributed by atoms with van der Waals surface area (Å²) in [6, 6.07) is 0. The number of Topliss-reactive ketones (excluding diaryl/α,β-unsaturated/α-hetero) is 1. The zero-order valence-electron chi connectivity index (χ0n) is 18.0. The molecule has 0 amide bonds. The lowest BCUT2D eigenvalue weighted by Crippen LogP contribution is -2.50. The first kappa shape index (κ1) is 21.4. The van der Waals surface area contributed by atoms with Crippen molar-refractivity contribution in [1.29, 1.82) is 0 Å². The topological polar surface area (TPSA) is 101 Å². The molecule has 0 aromatic heterocycles. The summed E-state index contributed by atoms with van der Waals surface area (Å²) in [5.41, 5.74) is 1.06. The molecule has 0 aromatic rings. The first-order valence-electron chi connectivity index (χ1n) is 11.1. The van der Waals surface area contributed by atoms with Gasteiger partial charge in [-0.05, 0) is 73.8 Å². The van der Waals surface area contributed by atoms with Gasteiger partial charge in [0.1, 0.15) is 6.61 Å². The van der Waals surface area contributed by atoms with Crippen LogP contribution in [0.4, 0.5) is 0 Å². The van der Waals surface area contributed by atoms with Gasteiger partial charge < -0.3 is 14.9 Å². The average molecular weight is 417 g/mol. The summed E-state index contributed by atoms with van der Waals surface area (Å²) in [7, 11) is 0. The van der Waals surface area contributed by atoms with Crippen LogP contribution < -0.4 is 0 Å². The molecule has 0 aliphatic heterocycles. The second kappa shape index (κ2) is 7.13. The zero-order valence-corrected chi connectivity index (χ0v) is 18.0. The fourth-order valence-corrected chi connectivity index (χ4v) is 7.10. The maximum atomic E-state index is 12.9. The number of carbonyl (C=O) groups excluding carboxylic acids is 3. The molecule has 0 unspecified atom stereocenters. The highest BCUT2D eigenvalue weighted by atomic mass is 16.6. The van der Waals surface area contributed by atoms with Gasteiger partial charge in [0.2, 0.25) is 0 Å². The summed E-state index contributed by atoms with van der Waals surface area (Å²) >= 11 is 0. The van der Waals surface area contributed by atoms with Crippen LogP contribution in [0.3, 0.4) is 0 Å². The van der Waals surface area contributed by atoms with Crippen LogP contribution in [0.5, 0.6) is 0 Å². The summed E-state index contributed by atoms with van der Waals surface area (Å²) in [5.74, 6) is -2.56. The Morgan fingerprint density at radius 1 is 1.17 bits per heavy atom. The lowest BCUT2D eigenvalue weighted by molar-refractivity contribution is -0.203. The molecule has 0 spiro atoms. The molecule has 6 nitrogen and oxygen atoms in total. The van der Waals surface area contributed by atoms with E-state index in [0.29, 0.717) is 17.8 Å².